The van der Waals surface area contributed by atoms with Crippen LogP contribution in [0.1, 0.15) is 0 Å². The van der Waals surface area contributed by atoms with Gasteiger partial charge in [-0.05, 0) is 236 Å². The van der Waals surface area contributed by atoms with Gasteiger partial charge in [-0.2, -0.15) is 0 Å². The lowest BCUT2D eigenvalue weighted by atomic mass is 10.0. The van der Waals surface area contributed by atoms with Gasteiger partial charge in [-0.25, -0.2) is 0 Å². The van der Waals surface area contributed by atoms with Gasteiger partial charge >= 0.3 is 0 Å². The maximum atomic E-state index is 2.40. The molecule has 0 aliphatic heterocycles. The van der Waals surface area contributed by atoms with E-state index in [2.05, 4.69) is 442 Å². The Hall–Kier alpha value is -13.2. The third-order valence-corrected chi connectivity index (χ3v) is 21.7. The topological polar surface area (TPSA) is 19.4 Å². The van der Waals surface area contributed by atoms with Crippen molar-refractivity contribution >= 4 is 165 Å². The second-order valence-corrected chi connectivity index (χ2v) is 27.9. The molecule has 494 valence electrons. The Morgan fingerprint density at radius 1 is 0.144 bits per heavy atom. The van der Waals surface area contributed by atoms with E-state index < -0.39 is 0 Å². The summed E-state index contributed by atoms with van der Waals surface area (Å²) in [5.74, 6) is 0. The van der Waals surface area contributed by atoms with Crippen molar-refractivity contribution in [1.29, 1.82) is 0 Å². The van der Waals surface area contributed by atoms with E-state index in [-0.39, 0.29) is 0 Å². The van der Waals surface area contributed by atoms with E-state index in [9.17, 15) is 0 Å². The number of rotatable bonds is 19. The number of para-hydroxylation sites is 7. The summed E-state index contributed by atoms with van der Waals surface area (Å²) in [5.41, 5.74) is 21.5. The molecule has 8 heteroatoms. The van der Waals surface area contributed by atoms with Gasteiger partial charge in [-0.1, -0.05) is 188 Å². The fraction of sp³-hybridized carbons (Fsp3) is 0. The fourth-order valence-corrected chi connectivity index (χ4v) is 16.8. The third-order valence-electron chi connectivity index (χ3n) is 19.3. The number of benzene rings is 16. The van der Waals surface area contributed by atoms with Gasteiger partial charge < -0.3 is 29.4 Å². The molecule has 0 atom stereocenters. The molecule has 6 nitrogen and oxygen atoms in total. The summed E-state index contributed by atoms with van der Waals surface area (Å²) in [6.07, 6.45) is 0. The van der Waals surface area contributed by atoms with E-state index in [1.165, 1.54) is 40.3 Å². The van der Waals surface area contributed by atoms with E-state index in [0.29, 0.717) is 0 Å². The zero-order valence-corrected chi connectivity index (χ0v) is 58.4. The van der Waals surface area contributed by atoms with Gasteiger partial charge in [-0.15, -0.1) is 22.7 Å². The Labute approximate surface area is 614 Å². The Morgan fingerprint density at radius 2 is 0.413 bits per heavy atom. The van der Waals surface area contributed by atoms with E-state index in [0.717, 1.165) is 113 Å². The first-order chi connectivity index (χ1) is 51.6. The molecule has 0 fully saturated rings. The average Bonchev–Trinajstić information content (AvgIpc) is 1.62. The lowest BCUT2D eigenvalue weighted by Gasteiger charge is -2.30. The molecule has 0 spiro atoms. The number of anilines is 18. The molecule has 104 heavy (non-hydrogen) atoms. The summed E-state index contributed by atoms with van der Waals surface area (Å²) in [7, 11) is 0. The van der Waals surface area contributed by atoms with Crippen LogP contribution in [0.25, 0.3) is 51.5 Å². The third kappa shape index (κ3) is 12.3. The highest BCUT2D eigenvalue weighted by Crippen LogP contribution is 2.49. The molecule has 16 aromatic carbocycles. The highest BCUT2D eigenvalue weighted by Gasteiger charge is 2.24. The van der Waals surface area contributed by atoms with E-state index >= 15 is 0 Å². The number of thiophene rings is 2. The van der Waals surface area contributed by atoms with E-state index in [4.69, 9.17) is 0 Å². The Morgan fingerprint density at radius 3 is 0.846 bits per heavy atom. The average molecular weight is 1370 g/mol. The molecule has 0 bridgehead atoms. The standard InChI is InChI=1S/C96H68N6S2/c1-8-29-71(30-9-1)97(72-31-10-2-11-32-72)83-44-25-45-84(66-83)98(73-33-12-3-13-34-73)78-53-55-80(56-54-78)100(75-37-16-5-17-38-75)87-61-63-95-91(68-87)90-65-70(52-62-94(90)103-95)69-28-24-43-82(64-69)101(76-39-18-6-19-40-76)86-47-26-46-85(67-86)99(74-35-14-4-15-36-74)79-57-59-81(60-58-79)102(77-41-20-7-21-42-77)92-50-27-49-89-88-48-22-23-51-93(88)104-96(89)92/h1-68H. The van der Waals surface area contributed by atoms with Crippen molar-refractivity contribution in [1.82, 2.24) is 0 Å². The molecule has 2 heterocycles. The van der Waals surface area contributed by atoms with Crippen LogP contribution in [-0.2, 0) is 0 Å². The van der Waals surface area contributed by atoms with Crippen LogP contribution >= 0.6 is 22.7 Å². The van der Waals surface area contributed by atoms with Gasteiger partial charge in [0, 0.05) is 132 Å². The van der Waals surface area contributed by atoms with Crippen LogP contribution in [0.5, 0.6) is 0 Å². The van der Waals surface area contributed by atoms with E-state index in [1.807, 2.05) is 22.7 Å². The Kier molecular flexibility index (Phi) is 17.0. The smallest absolute Gasteiger partial charge is 0.0640 e. The summed E-state index contributed by atoms with van der Waals surface area (Å²) >= 11 is 3.69. The largest absolute Gasteiger partial charge is 0.310 e. The molecule has 0 radical (unpaired) electrons. The molecule has 0 N–H and O–H groups in total. The minimum absolute atomic E-state index is 1.04. The summed E-state index contributed by atoms with van der Waals surface area (Å²) in [5, 5.41) is 4.99. The SMILES string of the molecule is c1ccc(N(c2ccccc2)c2cccc(N(c3ccccc3)c3ccc(N(c4ccccc4)c4ccc5sc6ccc(-c7cccc(N(c8ccccc8)c8cccc(N(c9ccccc9)c9ccc(N(c%10ccccc%10)c%10cccc%11c%10sc%10ccccc%10%11)cc9)c8)c7)cc6c5c4)cc3)c2)cc1. The second-order valence-electron chi connectivity index (χ2n) is 25.7. The summed E-state index contributed by atoms with van der Waals surface area (Å²) in [6, 6.07) is 149. The molecule has 0 amide bonds. The molecule has 18 rings (SSSR count). The van der Waals surface area contributed by atoms with Crippen molar-refractivity contribution < 1.29 is 0 Å². The van der Waals surface area contributed by atoms with Crippen LogP contribution in [0.15, 0.2) is 413 Å². The zero-order chi connectivity index (χ0) is 69.1. The predicted molar refractivity (Wildman–Crippen MR) is 446 cm³/mol. The van der Waals surface area contributed by atoms with Gasteiger partial charge in [-0.3, -0.25) is 0 Å². The Balaban J connectivity index is 0.675. The van der Waals surface area contributed by atoms with Crippen LogP contribution < -0.4 is 29.4 Å². The van der Waals surface area contributed by atoms with Gasteiger partial charge in [0.25, 0.3) is 0 Å². The van der Waals surface area contributed by atoms with Crippen molar-refractivity contribution in [3.63, 3.8) is 0 Å². The number of hydrogen-bond donors (Lipinski definition) is 0. The van der Waals surface area contributed by atoms with Crippen molar-refractivity contribution in [3.05, 3.63) is 413 Å². The van der Waals surface area contributed by atoms with Crippen LogP contribution in [0, 0.1) is 0 Å². The number of nitrogens with zero attached hydrogens (tertiary/aromatic N) is 6. The van der Waals surface area contributed by atoms with Gasteiger partial charge in [0.1, 0.15) is 0 Å². The molecular formula is C96H68N6S2. The lowest BCUT2D eigenvalue weighted by Crippen LogP contribution is -2.14. The number of hydrogen-bond acceptors (Lipinski definition) is 8. The maximum absolute atomic E-state index is 2.40. The quantitative estimate of drug-likeness (QED) is 0.0798. The molecule has 0 saturated heterocycles. The highest BCUT2D eigenvalue weighted by molar-refractivity contribution is 7.26. The van der Waals surface area contributed by atoms with Crippen molar-refractivity contribution in [2.45, 2.75) is 0 Å². The first-order valence-corrected chi connectivity index (χ1v) is 36.8. The van der Waals surface area contributed by atoms with Crippen LogP contribution in [0.4, 0.5) is 102 Å². The molecule has 2 aromatic heterocycles. The molecule has 0 aliphatic rings. The fourth-order valence-electron chi connectivity index (χ4n) is 14.6. The van der Waals surface area contributed by atoms with Crippen molar-refractivity contribution in [2.75, 3.05) is 29.4 Å². The van der Waals surface area contributed by atoms with Crippen LogP contribution in [0.2, 0.25) is 0 Å². The van der Waals surface area contributed by atoms with Crippen molar-refractivity contribution in [2.24, 2.45) is 0 Å². The highest BCUT2D eigenvalue weighted by atomic mass is 32.1. The van der Waals surface area contributed by atoms with Crippen molar-refractivity contribution in [3.8, 4) is 11.1 Å². The minimum Gasteiger partial charge on any atom is -0.310 e. The maximum Gasteiger partial charge on any atom is 0.0640 e. The van der Waals surface area contributed by atoms with Gasteiger partial charge in [0.15, 0.2) is 0 Å². The normalized spacial score (nSPS) is 11.3. The first kappa shape index (κ1) is 63.0. The summed E-state index contributed by atoms with van der Waals surface area (Å²) in [4.78, 5) is 14.2. The second kappa shape index (κ2) is 28.1. The predicted octanol–water partition coefficient (Wildman–Crippen LogP) is 28.9. The van der Waals surface area contributed by atoms with Gasteiger partial charge in [0.05, 0.1) is 10.4 Å². The summed E-state index contributed by atoms with van der Waals surface area (Å²) < 4.78 is 5.03. The lowest BCUT2D eigenvalue weighted by molar-refractivity contribution is 1.24. The Bertz CT molecular complexity index is 5960. The monoisotopic (exact) mass is 1370 g/mol. The first-order valence-electron chi connectivity index (χ1n) is 35.1. The van der Waals surface area contributed by atoms with E-state index in [1.54, 1.807) is 0 Å². The molecule has 0 aliphatic carbocycles. The molecule has 0 unspecified atom stereocenters. The van der Waals surface area contributed by atoms with Crippen LogP contribution in [0.3, 0.4) is 0 Å². The molecule has 18 aromatic rings. The number of fused-ring (bicyclic) bond motifs is 6. The van der Waals surface area contributed by atoms with Crippen LogP contribution in [-0.4, -0.2) is 0 Å². The summed E-state index contributed by atoms with van der Waals surface area (Å²) in [6.45, 7) is 0. The minimum atomic E-state index is 1.04. The molecular weight excluding hydrogens is 1300 g/mol. The zero-order valence-electron chi connectivity index (χ0n) is 56.8. The molecule has 0 saturated carbocycles. The van der Waals surface area contributed by atoms with Gasteiger partial charge in [0.2, 0.25) is 0 Å².